The lowest BCUT2D eigenvalue weighted by molar-refractivity contribution is -0.123. The van der Waals surface area contributed by atoms with E-state index in [0.29, 0.717) is 18.0 Å². The van der Waals surface area contributed by atoms with Crippen molar-refractivity contribution < 1.29 is 19.1 Å². The Morgan fingerprint density at radius 1 is 1.14 bits per heavy atom. The van der Waals surface area contributed by atoms with Crippen molar-refractivity contribution in [3.63, 3.8) is 0 Å². The molecular weight excluding hydrogens is 356 g/mol. The van der Waals surface area contributed by atoms with Crippen LogP contribution in [0.25, 0.3) is 6.08 Å². The van der Waals surface area contributed by atoms with Gasteiger partial charge in [0.05, 0.1) is 11.8 Å². The minimum absolute atomic E-state index is 0.0603. The largest absolute Gasteiger partial charge is 0.449 e. The van der Waals surface area contributed by atoms with Crippen LogP contribution in [0.15, 0.2) is 60.4 Å². The van der Waals surface area contributed by atoms with Crippen molar-refractivity contribution >= 4 is 23.6 Å². The van der Waals surface area contributed by atoms with Gasteiger partial charge < -0.3 is 14.8 Å². The average Bonchev–Trinajstić information content (AvgIpc) is 3.24. The Labute approximate surface area is 163 Å². The van der Waals surface area contributed by atoms with Gasteiger partial charge in [-0.25, -0.2) is 0 Å². The van der Waals surface area contributed by atoms with E-state index in [0.717, 1.165) is 25.0 Å². The van der Waals surface area contributed by atoms with Gasteiger partial charge in [-0.2, -0.15) is 0 Å². The molecule has 2 aromatic rings. The van der Waals surface area contributed by atoms with Crippen LogP contribution >= 0.6 is 0 Å². The van der Waals surface area contributed by atoms with Gasteiger partial charge in [0.25, 0.3) is 5.91 Å². The Kier molecular flexibility index (Phi) is 5.39. The van der Waals surface area contributed by atoms with E-state index in [4.69, 9.17) is 9.47 Å². The maximum atomic E-state index is 13.0. The molecule has 0 bridgehead atoms. The molecule has 0 aliphatic carbocycles. The number of benzene rings is 2. The molecule has 2 amide bonds. The molecule has 2 aliphatic heterocycles. The van der Waals surface area contributed by atoms with E-state index in [1.165, 1.54) is 4.90 Å². The Morgan fingerprint density at radius 2 is 1.93 bits per heavy atom. The molecule has 2 heterocycles. The zero-order valence-corrected chi connectivity index (χ0v) is 15.5. The maximum absolute atomic E-state index is 13.0. The molecule has 144 valence electrons. The highest BCUT2D eigenvalue weighted by molar-refractivity contribution is 6.12. The molecule has 4 rings (SSSR count). The van der Waals surface area contributed by atoms with Crippen LogP contribution in [0, 0.1) is 0 Å². The fourth-order valence-corrected chi connectivity index (χ4v) is 3.35. The maximum Gasteiger partial charge on any atom is 0.294 e. The SMILES string of the molecule is O=C(CN1C(=O)/C(=C\c2ccccc2)Oc2ccccc21)NCC1CCCO1. The van der Waals surface area contributed by atoms with Gasteiger partial charge in [0.1, 0.15) is 6.54 Å². The Hall–Kier alpha value is -3.12. The third kappa shape index (κ3) is 4.07. The topological polar surface area (TPSA) is 67.9 Å². The molecule has 0 saturated carbocycles. The summed E-state index contributed by atoms with van der Waals surface area (Å²) in [6, 6.07) is 16.7. The molecule has 6 heteroatoms. The third-order valence-electron chi connectivity index (χ3n) is 4.78. The molecular formula is C22H22N2O4. The first-order valence-corrected chi connectivity index (χ1v) is 9.44. The number of nitrogens with one attached hydrogen (secondary N) is 1. The van der Waals surface area contributed by atoms with Crippen LogP contribution < -0.4 is 15.0 Å². The summed E-state index contributed by atoms with van der Waals surface area (Å²) < 4.78 is 11.3. The zero-order chi connectivity index (χ0) is 19.3. The van der Waals surface area contributed by atoms with Gasteiger partial charge in [0.15, 0.2) is 11.5 Å². The summed E-state index contributed by atoms with van der Waals surface area (Å²) in [4.78, 5) is 26.9. The molecule has 1 unspecified atom stereocenters. The number of hydrogen-bond acceptors (Lipinski definition) is 4. The third-order valence-corrected chi connectivity index (χ3v) is 4.78. The minimum atomic E-state index is -0.338. The van der Waals surface area contributed by atoms with Gasteiger partial charge in [-0.3, -0.25) is 14.5 Å². The second-order valence-electron chi connectivity index (χ2n) is 6.82. The number of amides is 2. The molecule has 1 saturated heterocycles. The van der Waals surface area contributed by atoms with Gasteiger partial charge in [-0.15, -0.1) is 0 Å². The first kappa shape index (κ1) is 18.3. The van der Waals surface area contributed by atoms with Crippen LogP contribution in [0.3, 0.4) is 0 Å². The minimum Gasteiger partial charge on any atom is -0.449 e. The monoisotopic (exact) mass is 378 g/mol. The van der Waals surface area contributed by atoms with Crippen LogP contribution in [0.2, 0.25) is 0 Å². The number of carbonyl (C=O) groups is 2. The van der Waals surface area contributed by atoms with Gasteiger partial charge in [-0.05, 0) is 36.6 Å². The smallest absolute Gasteiger partial charge is 0.294 e. The lowest BCUT2D eigenvalue weighted by atomic mass is 10.1. The number of ether oxygens (including phenoxy) is 2. The Balaban J connectivity index is 1.53. The van der Waals surface area contributed by atoms with Crippen molar-refractivity contribution in [2.75, 3.05) is 24.6 Å². The zero-order valence-electron chi connectivity index (χ0n) is 15.5. The van der Waals surface area contributed by atoms with E-state index in [1.807, 2.05) is 42.5 Å². The number of rotatable bonds is 5. The fraction of sp³-hybridized carbons (Fsp3) is 0.273. The first-order valence-electron chi connectivity index (χ1n) is 9.44. The highest BCUT2D eigenvalue weighted by Gasteiger charge is 2.31. The number of para-hydroxylation sites is 2. The summed E-state index contributed by atoms with van der Waals surface area (Å²) in [5.74, 6) is 0.183. The normalized spacial score (nSPS) is 20.0. The Morgan fingerprint density at radius 3 is 2.71 bits per heavy atom. The van der Waals surface area contributed by atoms with E-state index < -0.39 is 0 Å². The molecule has 1 fully saturated rings. The van der Waals surface area contributed by atoms with Gasteiger partial charge in [-0.1, -0.05) is 42.5 Å². The summed E-state index contributed by atoms with van der Waals surface area (Å²) in [5, 5.41) is 2.87. The predicted octanol–water partition coefficient (Wildman–Crippen LogP) is 2.75. The second kappa shape index (κ2) is 8.27. The number of nitrogens with zero attached hydrogens (tertiary/aromatic N) is 1. The van der Waals surface area contributed by atoms with Crippen molar-refractivity contribution in [1.82, 2.24) is 5.32 Å². The molecule has 1 N–H and O–H groups in total. The second-order valence-corrected chi connectivity index (χ2v) is 6.82. The summed E-state index contributed by atoms with van der Waals surface area (Å²) >= 11 is 0. The van der Waals surface area contributed by atoms with E-state index in [2.05, 4.69) is 5.32 Å². The van der Waals surface area contributed by atoms with E-state index >= 15 is 0 Å². The van der Waals surface area contributed by atoms with Crippen molar-refractivity contribution in [3.8, 4) is 5.75 Å². The standard InChI is InChI=1S/C22H22N2O4/c25-21(23-14-17-9-6-12-27-17)15-24-18-10-4-5-11-19(18)28-20(22(24)26)13-16-7-2-1-3-8-16/h1-5,7-8,10-11,13,17H,6,9,12,14-15H2,(H,23,25)/b20-13+. The molecule has 2 aromatic carbocycles. The molecule has 28 heavy (non-hydrogen) atoms. The van der Waals surface area contributed by atoms with Crippen molar-refractivity contribution in [2.45, 2.75) is 18.9 Å². The van der Waals surface area contributed by atoms with E-state index in [-0.39, 0.29) is 30.2 Å². The lowest BCUT2D eigenvalue weighted by Gasteiger charge is -2.30. The molecule has 0 radical (unpaired) electrons. The first-order chi connectivity index (χ1) is 13.7. The van der Waals surface area contributed by atoms with Crippen LogP contribution in [-0.2, 0) is 14.3 Å². The van der Waals surface area contributed by atoms with Crippen molar-refractivity contribution in [3.05, 3.63) is 65.9 Å². The molecule has 1 atom stereocenters. The van der Waals surface area contributed by atoms with Crippen LogP contribution in [0.4, 0.5) is 5.69 Å². The van der Waals surface area contributed by atoms with Gasteiger partial charge in [0.2, 0.25) is 5.91 Å². The van der Waals surface area contributed by atoms with Crippen molar-refractivity contribution in [1.29, 1.82) is 0 Å². The molecule has 2 aliphatic rings. The highest BCUT2D eigenvalue weighted by Crippen LogP contribution is 2.35. The Bertz CT molecular complexity index is 888. The average molecular weight is 378 g/mol. The quantitative estimate of drug-likeness (QED) is 0.813. The summed E-state index contributed by atoms with van der Waals surface area (Å²) in [6.07, 6.45) is 3.72. The number of fused-ring (bicyclic) bond motifs is 1. The number of anilines is 1. The van der Waals surface area contributed by atoms with Crippen molar-refractivity contribution in [2.24, 2.45) is 0 Å². The van der Waals surface area contributed by atoms with Gasteiger partial charge in [0, 0.05) is 13.2 Å². The highest BCUT2D eigenvalue weighted by atomic mass is 16.5. The molecule has 0 spiro atoms. The summed E-state index contributed by atoms with van der Waals surface area (Å²) in [5.41, 5.74) is 1.44. The number of hydrogen-bond donors (Lipinski definition) is 1. The van der Waals surface area contributed by atoms with Crippen LogP contribution in [0.5, 0.6) is 5.75 Å². The summed E-state index contributed by atoms with van der Waals surface area (Å²) in [7, 11) is 0. The number of carbonyl (C=O) groups excluding carboxylic acids is 2. The van der Waals surface area contributed by atoms with Crippen LogP contribution in [-0.4, -0.2) is 37.6 Å². The lowest BCUT2D eigenvalue weighted by Crippen LogP contribution is -2.45. The molecule has 0 aromatic heterocycles. The molecule has 6 nitrogen and oxygen atoms in total. The van der Waals surface area contributed by atoms with E-state index in [1.54, 1.807) is 18.2 Å². The predicted molar refractivity (Wildman–Crippen MR) is 106 cm³/mol. The summed E-state index contributed by atoms with van der Waals surface area (Å²) in [6.45, 7) is 1.13. The van der Waals surface area contributed by atoms with Gasteiger partial charge >= 0.3 is 0 Å². The fourth-order valence-electron chi connectivity index (χ4n) is 3.35. The van der Waals surface area contributed by atoms with Crippen LogP contribution in [0.1, 0.15) is 18.4 Å². The van der Waals surface area contributed by atoms with E-state index in [9.17, 15) is 9.59 Å².